The Balaban J connectivity index is 1.45. The quantitative estimate of drug-likeness (QED) is 0.829. The first-order valence-corrected chi connectivity index (χ1v) is 8.32. The van der Waals surface area contributed by atoms with E-state index in [-0.39, 0.29) is 18.4 Å². The number of aromatic nitrogens is 1. The molecular weight excluding hydrogens is 310 g/mol. The number of amides is 2. The molecule has 0 fully saturated rings. The molecule has 0 aliphatic heterocycles. The first kappa shape index (κ1) is 15.4. The van der Waals surface area contributed by atoms with E-state index < -0.39 is 0 Å². The molecule has 1 aliphatic rings. The number of hydrogen-bond donors (Lipinski definition) is 2. The van der Waals surface area contributed by atoms with Gasteiger partial charge in [-0.15, -0.1) is 11.3 Å². The van der Waals surface area contributed by atoms with E-state index in [1.54, 1.807) is 6.08 Å². The Morgan fingerprint density at radius 3 is 2.83 bits per heavy atom. The molecule has 0 spiro atoms. The Bertz CT molecular complexity index is 716. The highest BCUT2D eigenvalue weighted by Gasteiger charge is 2.17. The summed E-state index contributed by atoms with van der Waals surface area (Å²) < 4.78 is 0. The molecule has 2 aromatic rings. The Morgan fingerprint density at radius 2 is 2.04 bits per heavy atom. The van der Waals surface area contributed by atoms with Gasteiger partial charge in [0.25, 0.3) is 0 Å². The zero-order chi connectivity index (χ0) is 16.1. The van der Waals surface area contributed by atoms with Crippen LogP contribution in [0.15, 0.2) is 36.4 Å². The van der Waals surface area contributed by atoms with Crippen LogP contribution in [0.2, 0.25) is 0 Å². The van der Waals surface area contributed by atoms with E-state index in [0.29, 0.717) is 5.13 Å². The van der Waals surface area contributed by atoms with Crippen molar-refractivity contribution in [2.45, 2.75) is 19.3 Å². The molecular formula is C17H17N3O2S. The number of carbonyl (C=O) groups excluding carboxylic acids is 2. The summed E-state index contributed by atoms with van der Waals surface area (Å²) in [5.74, 6) is -0.565. The van der Waals surface area contributed by atoms with Crippen molar-refractivity contribution in [3.63, 3.8) is 0 Å². The largest absolute Gasteiger partial charge is 0.343 e. The minimum atomic E-state index is -0.300. The van der Waals surface area contributed by atoms with E-state index in [9.17, 15) is 9.59 Å². The number of nitrogens with zero attached hydrogens (tertiary/aromatic N) is 1. The smallest absolute Gasteiger partial charge is 0.245 e. The molecule has 0 bridgehead atoms. The molecule has 23 heavy (non-hydrogen) atoms. The van der Waals surface area contributed by atoms with Crippen LogP contribution in [0.5, 0.6) is 0 Å². The summed E-state index contributed by atoms with van der Waals surface area (Å²) in [4.78, 5) is 29.2. The van der Waals surface area contributed by atoms with Crippen molar-refractivity contribution < 1.29 is 9.59 Å². The monoisotopic (exact) mass is 327 g/mol. The lowest BCUT2D eigenvalue weighted by Crippen LogP contribution is -2.31. The Kier molecular flexibility index (Phi) is 4.83. The highest BCUT2D eigenvalue weighted by atomic mass is 32.1. The van der Waals surface area contributed by atoms with E-state index in [1.165, 1.54) is 22.3 Å². The summed E-state index contributed by atoms with van der Waals surface area (Å²) in [7, 11) is 0. The molecule has 0 saturated heterocycles. The van der Waals surface area contributed by atoms with Crippen LogP contribution in [0, 0.1) is 0 Å². The zero-order valence-electron chi connectivity index (χ0n) is 12.5. The molecule has 1 aliphatic carbocycles. The van der Waals surface area contributed by atoms with Crippen molar-refractivity contribution in [1.82, 2.24) is 10.3 Å². The van der Waals surface area contributed by atoms with Gasteiger partial charge in [0.05, 0.1) is 12.2 Å². The average Bonchev–Trinajstić information content (AvgIpc) is 3.13. The molecule has 6 heteroatoms. The summed E-state index contributed by atoms with van der Waals surface area (Å²) in [5.41, 5.74) is 2.03. The summed E-state index contributed by atoms with van der Waals surface area (Å²) in [5, 5.41) is 5.91. The van der Waals surface area contributed by atoms with E-state index in [0.717, 1.165) is 30.5 Å². The van der Waals surface area contributed by atoms with Crippen LogP contribution in [-0.4, -0.2) is 23.3 Å². The molecule has 2 amide bonds. The van der Waals surface area contributed by atoms with Crippen molar-refractivity contribution in [2.75, 3.05) is 11.9 Å². The lowest BCUT2D eigenvalue weighted by Gasteiger charge is -2.02. The number of aryl methyl sites for hydroxylation is 2. The van der Waals surface area contributed by atoms with E-state index in [1.807, 2.05) is 30.3 Å². The molecule has 3 rings (SSSR count). The normalized spacial score (nSPS) is 13.0. The number of benzene rings is 1. The third-order valence-electron chi connectivity index (χ3n) is 3.49. The number of nitrogens with one attached hydrogen (secondary N) is 2. The van der Waals surface area contributed by atoms with E-state index in [2.05, 4.69) is 15.6 Å². The highest BCUT2D eigenvalue weighted by molar-refractivity contribution is 7.15. The van der Waals surface area contributed by atoms with Gasteiger partial charge in [0.15, 0.2) is 5.13 Å². The summed E-state index contributed by atoms with van der Waals surface area (Å²) in [6, 6.07) is 9.51. The van der Waals surface area contributed by atoms with Crippen LogP contribution in [0.3, 0.4) is 0 Å². The predicted octanol–water partition coefficient (Wildman–Crippen LogP) is 2.40. The van der Waals surface area contributed by atoms with Gasteiger partial charge in [-0.05, 0) is 30.9 Å². The van der Waals surface area contributed by atoms with Gasteiger partial charge in [-0.25, -0.2) is 4.98 Å². The van der Waals surface area contributed by atoms with Crippen LogP contribution in [-0.2, 0) is 22.4 Å². The SMILES string of the molecule is O=C(/C=C/c1ccccc1)NCC(=O)Nc1nc2c(s1)CCC2. The zero-order valence-corrected chi connectivity index (χ0v) is 13.4. The predicted molar refractivity (Wildman–Crippen MR) is 91.3 cm³/mol. The van der Waals surface area contributed by atoms with Gasteiger partial charge in [0.2, 0.25) is 11.8 Å². The van der Waals surface area contributed by atoms with Gasteiger partial charge < -0.3 is 10.6 Å². The molecule has 2 N–H and O–H groups in total. The van der Waals surface area contributed by atoms with Crippen LogP contribution >= 0.6 is 11.3 Å². The van der Waals surface area contributed by atoms with Gasteiger partial charge in [0.1, 0.15) is 0 Å². The van der Waals surface area contributed by atoms with Crippen molar-refractivity contribution in [1.29, 1.82) is 0 Å². The van der Waals surface area contributed by atoms with E-state index in [4.69, 9.17) is 0 Å². The van der Waals surface area contributed by atoms with Gasteiger partial charge in [-0.3, -0.25) is 9.59 Å². The molecule has 5 nitrogen and oxygen atoms in total. The lowest BCUT2D eigenvalue weighted by molar-refractivity contribution is -0.121. The van der Waals surface area contributed by atoms with Crippen LogP contribution in [0.1, 0.15) is 22.6 Å². The molecule has 1 aromatic carbocycles. The summed E-state index contributed by atoms with van der Waals surface area (Å²) in [6.07, 6.45) is 6.30. The van der Waals surface area contributed by atoms with Gasteiger partial charge in [0, 0.05) is 11.0 Å². The van der Waals surface area contributed by atoms with Crippen molar-refractivity contribution >= 4 is 34.4 Å². The Morgan fingerprint density at radius 1 is 1.22 bits per heavy atom. The molecule has 0 atom stereocenters. The average molecular weight is 327 g/mol. The molecule has 118 valence electrons. The minimum absolute atomic E-state index is 0.0673. The highest BCUT2D eigenvalue weighted by Crippen LogP contribution is 2.30. The first-order chi connectivity index (χ1) is 11.2. The fraction of sp³-hybridized carbons (Fsp3) is 0.235. The third kappa shape index (κ3) is 4.26. The fourth-order valence-electron chi connectivity index (χ4n) is 2.37. The van der Waals surface area contributed by atoms with Crippen molar-refractivity contribution in [3.8, 4) is 0 Å². The number of fused-ring (bicyclic) bond motifs is 1. The van der Waals surface area contributed by atoms with Crippen LogP contribution in [0.4, 0.5) is 5.13 Å². The topological polar surface area (TPSA) is 71.1 Å². The van der Waals surface area contributed by atoms with Gasteiger partial charge in [-0.1, -0.05) is 30.3 Å². The number of carbonyl (C=O) groups is 2. The summed E-state index contributed by atoms with van der Waals surface area (Å²) in [6.45, 7) is -0.0673. The number of anilines is 1. The molecule has 0 unspecified atom stereocenters. The molecule has 1 heterocycles. The maximum absolute atomic E-state index is 11.8. The second-order valence-corrected chi connectivity index (χ2v) is 6.34. The fourth-order valence-corrected chi connectivity index (χ4v) is 3.44. The first-order valence-electron chi connectivity index (χ1n) is 7.50. The van der Waals surface area contributed by atoms with Crippen molar-refractivity contribution in [3.05, 3.63) is 52.5 Å². The van der Waals surface area contributed by atoms with Gasteiger partial charge >= 0.3 is 0 Å². The number of thiazole rings is 1. The standard InChI is InChI=1S/C17H17N3O2S/c21-15(10-9-12-5-2-1-3-6-12)18-11-16(22)20-17-19-13-7-4-8-14(13)23-17/h1-3,5-6,9-10H,4,7-8,11H2,(H,18,21)(H,19,20,22)/b10-9+. The molecule has 0 saturated carbocycles. The number of rotatable bonds is 5. The third-order valence-corrected chi connectivity index (χ3v) is 4.56. The minimum Gasteiger partial charge on any atom is -0.343 e. The molecule has 1 aromatic heterocycles. The maximum atomic E-state index is 11.8. The molecule has 0 radical (unpaired) electrons. The lowest BCUT2D eigenvalue weighted by atomic mass is 10.2. The number of hydrogen-bond acceptors (Lipinski definition) is 4. The van der Waals surface area contributed by atoms with Crippen molar-refractivity contribution in [2.24, 2.45) is 0 Å². The van der Waals surface area contributed by atoms with Crippen LogP contribution < -0.4 is 10.6 Å². The Labute approximate surface area is 138 Å². The second kappa shape index (κ2) is 7.19. The summed E-state index contributed by atoms with van der Waals surface area (Å²) >= 11 is 1.52. The maximum Gasteiger partial charge on any atom is 0.245 e. The van der Waals surface area contributed by atoms with E-state index >= 15 is 0 Å². The van der Waals surface area contributed by atoms with Crippen LogP contribution in [0.25, 0.3) is 6.08 Å². The Hall–Kier alpha value is -2.47. The van der Waals surface area contributed by atoms with Gasteiger partial charge in [-0.2, -0.15) is 0 Å². The second-order valence-electron chi connectivity index (χ2n) is 5.25.